The zero-order chi connectivity index (χ0) is 25.5. The molecule has 1 aliphatic heterocycles. The van der Waals surface area contributed by atoms with Gasteiger partial charge in [-0.15, -0.1) is 0 Å². The molecule has 2 aromatic rings. The molecule has 1 atom stereocenters. The number of morpholine rings is 1. The summed E-state index contributed by atoms with van der Waals surface area (Å²) >= 11 is 0. The second-order valence-corrected chi connectivity index (χ2v) is 9.30. The lowest BCUT2D eigenvalue weighted by molar-refractivity contribution is -0.139. The third-order valence-electron chi connectivity index (χ3n) is 6.18. The van der Waals surface area contributed by atoms with Gasteiger partial charge in [-0.3, -0.25) is 19.3 Å². The van der Waals surface area contributed by atoms with Gasteiger partial charge in [-0.25, -0.2) is 0 Å². The van der Waals surface area contributed by atoms with Crippen molar-refractivity contribution >= 4 is 29.1 Å². The molecule has 0 bridgehead atoms. The summed E-state index contributed by atoms with van der Waals surface area (Å²) < 4.78 is 5.53. The van der Waals surface area contributed by atoms with Gasteiger partial charge in [-0.2, -0.15) is 0 Å². The molecule has 0 saturated carbocycles. The summed E-state index contributed by atoms with van der Waals surface area (Å²) in [5.74, 6) is -0.671. The van der Waals surface area contributed by atoms with Crippen LogP contribution in [0.25, 0.3) is 0 Å². The van der Waals surface area contributed by atoms with Crippen molar-refractivity contribution in [3.05, 3.63) is 58.7 Å². The molecule has 0 unspecified atom stereocenters. The van der Waals surface area contributed by atoms with E-state index in [9.17, 15) is 14.4 Å². The van der Waals surface area contributed by atoms with Crippen molar-refractivity contribution in [2.24, 2.45) is 0 Å². The van der Waals surface area contributed by atoms with Gasteiger partial charge in [0.2, 0.25) is 17.7 Å². The highest BCUT2D eigenvalue weighted by Crippen LogP contribution is 2.20. The topological polar surface area (TPSA) is 91.0 Å². The number of nitrogens with one attached hydrogen (secondary N) is 2. The van der Waals surface area contributed by atoms with Gasteiger partial charge in [0, 0.05) is 24.5 Å². The lowest BCUT2D eigenvalue weighted by Gasteiger charge is -2.33. The third-order valence-corrected chi connectivity index (χ3v) is 6.18. The average molecular weight is 481 g/mol. The molecule has 1 aliphatic rings. The smallest absolute Gasteiger partial charge is 0.238 e. The molecule has 188 valence electrons. The van der Waals surface area contributed by atoms with E-state index in [4.69, 9.17) is 4.74 Å². The maximum Gasteiger partial charge on any atom is 0.238 e. The van der Waals surface area contributed by atoms with Crippen LogP contribution in [-0.2, 0) is 19.1 Å². The number of anilines is 2. The molecular weight excluding hydrogens is 444 g/mol. The molecule has 1 heterocycles. The molecule has 2 aromatic carbocycles. The summed E-state index contributed by atoms with van der Waals surface area (Å²) in [7, 11) is 0. The Morgan fingerprint density at radius 1 is 0.857 bits per heavy atom. The predicted octanol–water partition coefficient (Wildman–Crippen LogP) is 3.05. The number of hydrogen-bond donors (Lipinski definition) is 2. The monoisotopic (exact) mass is 480 g/mol. The van der Waals surface area contributed by atoms with Crippen molar-refractivity contribution in [1.82, 2.24) is 9.80 Å². The van der Waals surface area contributed by atoms with E-state index in [1.165, 1.54) is 0 Å². The summed E-state index contributed by atoms with van der Waals surface area (Å²) in [6.45, 7) is 10.9. The first-order chi connectivity index (χ1) is 16.6. The van der Waals surface area contributed by atoms with Gasteiger partial charge in [-0.05, 0) is 56.9 Å². The van der Waals surface area contributed by atoms with E-state index in [1.807, 2.05) is 71.0 Å². The number of nitrogens with zero attached hydrogens (tertiary/aromatic N) is 2. The molecule has 8 nitrogen and oxygen atoms in total. The molecule has 3 amide bonds. The number of carbonyl (C=O) groups is 3. The van der Waals surface area contributed by atoms with Crippen molar-refractivity contribution in [1.29, 1.82) is 0 Å². The quantitative estimate of drug-likeness (QED) is 0.606. The van der Waals surface area contributed by atoms with Crippen LogP contribution in [-0.4, -0.2) is 73.0 Å². The fourth-order valence-corrected chi connectivity index (χ4v) is 4.29. The lowest BCUT2D eigenvalue weighted by Crippen LogP contribution is -2.50. The summed E-state index contributed by atoms with van der Waals surface area (Å²) in [6, 6.07) is 11.6. The standard InChI is InChI=1S/C27H36N4O4/c1-18-8-6-9-19(2)26(18)28-23(32)15-30(17-25(34)31-12-13-35-22(5)14-31)16-24(33)29-27-20(3)10-7-11-21(27)4/h6-11,22H,12-17H2,1-5H3,(H,28,32)(H,29,33)/t22-/m0/s1. The molecule has 0 aromatic heterocycles. The first-order valence-corrected chi connectivity index (χ1v) is 12.0. The number of aryl methyl sites for hydroxylation is 4. The Balaban J connectivity index is 1.72. The number of hydrogen-bond acceptors (Lipinski definition) is 5. The van der Waals surface area contributed by atoms with Crippen molar-refractivity contribution in [2.75, 3.05) is 50.0 Å². The predicted molar refractivity (Wildman–Crippen MR) is 138 cm³/mol. The highest BCUT2D eigenvalue weighted by atomic mass is 16.5. The van der Waals surface area contributed by atoms with Crippen molar-refractivity contribution in [2.45, 2.75) is 40.7 Å². The summed E-state index contributed by atoms with van der Waals surface area (Å²) in [5.41, 5.74) is 5.33. The summed E-state index contributed by atoms with van der Waals surface area (Å²) in [4.78, 5) is 42.2. The van der Waals surface area contributed by atoms with E-state index in [1.54, 1.807) is 9.80 Å². The van der Waals surface area contributed by atoms with E-state index >= 15 is 0 Å². The van der Waals surface area contributed by atoms with Crippen LogP contribution in [0.5, 0.6) is 0 Å². The highest BCUT2D eigenvalue weighted by Gasteiger charge is 2.25. The Hall–Kier alpha value is -3.23. The number of ether oxygens (including phenoxy) is 1. The van der Waals surface area contributed by atoms with Crippen LogP contribution in [0.15, 0.2) is 36.4 Å². The number of para-hydroxylation sites is 2. The van der Waals surface area contributed by atoms with E-state index in [0.29, 0.717) is 19.7 Å². The van der Waals surface area contributed by atoms with Gasteiger partial charge in [0.15, 0.2) is 0 Å². The molecule has 0 radical (unpaired) electrons. The van der Waals surface area contributed by atoms with Crippen LogP contribution in [0, 0.1) is 27.7 Å². The van der Waals surface area contributed by atoms with Gasteiger partial charge < -0.3 is 20.3 Å². The van der Waals surface area contributed by atoms with E-state index in [0.717, 1.165) is 33.6 Å². The molecular formula is C27H36N4O4. The van der Waals surface area contributed by atoms with Crippen LogP contribution in [0.2, 0.25) is 0 Å². The molecule has 0 aliphatic carbocycles. The van der Waals surface area contributed by atoms with Gasteiger partial charge >= 0.3 is 0 Å². The van der Waals surface area contributed by atoms with Crippen LogP contribution in [0.4, 0.5) is 11.4 Å². The van der Waals surface area contributed by atoms with Crippen LogP contribution >= 0.6 is 0 Å². The molecule has 1 saturated heterocycles. The summed E-state index contributed by atoms with van der Waals surface area (Å²) in [6.07, 6.45) is -0.0409. The summed E-state index contributed by atoms with van der Waals surface area (Å²) in [5, 5.41) is 5.91. The first-order valence-electron chi connectivity index (χ1n) is 12.0. The Bertz CT molecular complexity index is 977. The van der Waals surface area contributed by atoms with Gasteiger partial charge in [0.25, 0.3) is 0 Å². The van der Waals surface area contributed by atoms with E-state index in [2.05, 4.69) is 10.6 Å². The third kappa shape index (κ3) is 7.37. The second-order valence-electron chi connectivity index (χ2n) is 9.30. The fourth-order valence-electron chi connectivity index (χ4n) is 4.29. The van der Waals surface area contributed by atoms with Crippen LogP contribution < -0.4 is 10.6 Å². The number of benzene rings is 2. The number of carbonyl (C=O) groups excluding carboxylic acids is 3. The van der Waals surface area contributed by atoms with Gasteiger partial charge in [0.1, 0.15) is 0 Å². The van der Waals surface area contributed by atoms with E-state index < -0.39 is 0 Å². The fraction of sp³-hybridized carbons (Fsp3) is 0.444. The van der Waals surface area contributed by atoms with Crippen molar-refractivity contribution in [3.63, 3.8) is 0 Å². The second kappa shape index (κ2) is 12.0. The van der Waals surface area contributed by atoms with Crippen molar-refractivity contribution in [3.8, 4) is 0 Å². The largest absolute Gasteiger partial charge is 0.375 e. The zero-order valence-corrected chi connectivity index (χ0v) is 21.3. The minimum absolute atomic E-state index is 0.0347. The normalized spacial score (nSPS) is 15.7. The maximum atomic E-state index is 13.0. The van der Waals surface area contributed by atoms with Gasteiger partial charge in [0.05, 0.1) is 32.3 Å². The lowest BCUT2D eigenvalue weighted by atomic mass is 10.1. The average Bonchev–Trinajstić information content (AvgIpc) is 2.79. The Morgan fingerprint density at radius 3 is 1.74 bits per heavy atom. The Kier molecular flexibility index (Phi) is 9.01. The number of amides is 3. The molecule has 8 heteroatoms. The molecule has 0 spiro atoms. The highest BCUT2D eigenvalue weighted by molar-refractivity contribution is 5.96. The zero-order valence-electron chi connectivity index (χ0n) is 21.3. The first kappa shape index (κ1) is 26.4. The van der Waals surface area contributed by atoms with Crippen molar-refractivity contribution < 1.29 is 19.1 Å². The van der Waals surface area contributed by atoms with Gasteiger partial charge in [-0.1, -0.05) is 36.4 Å². The Morgan fingerprint density at radius 2 is 1.31 bits per heavy atom. The van der Waals surface area contributed by atoms with Crippen LogP contribution in [0.3, 0.4) is 0 Å². The maximum absolute atomic E-state index is 13.0. The molecule has 1 fully saturated rings. The molecule has 2 N–H and O–H groups in total. The minimum atomic E-state index is -0.273. The molecule has 3 rings (SSSR count). The SMILES string of the molecule is Cc1cccc(C)c1NC(=O)CN(CC(=O)Nc1c(C)cccc1C)CC(=O)N1CCO[C@@H](C)C1. The Labute approximate surface area is 207 Å². The van der Waals surface area contributed by atoms with Crippen LogP contribution in [0.1, 0.15) is 29.2 Å². The number of rotatable bonds is 8. The minimum Gasteiger partial charge on any atom is -0.375 e. The molecule has 35 heavy (non-hydrogen) atoms. The van der Waals surface area contributed by atoms with E-state index in [-0.39, 0.29) is 43.5 Å².